The van der Waals surface area contributed by atoms with Crippen LogP contribution in [-0.4, -0.2) is 15.4 Å². The number of esters is 1. The molecule has 0 bridgehead atoms. The smallest absolute Gasteiger partial charge is 0.326 e. The highest BCUT2D eigenvalue weighted by Crippen LogP contribution is 2.25. The van der Waals surface area contributed by atoms with Gasteiger partial charge < -0.3 is 14.6 Å². The summed E-state index contributed by atoms with van der Waals surface area (Å²) in [5.41, 5.74) is -0.139. The molecule has 6 heteroatoms. The van der Waals surface area contributed by atoms with Crippen LogP contribution in [0.3, 0.4) is 0 Å². The predicted octanol–water partition coefficient (Wildman–Crippen LogP) is 1.82. The van der Waals surface area contributed by atoms with E-state index in [0.717, 1.165) is 0 Å². The number of carbonyl (C=O) groups is 2. The Labute approximate surface area is 117 Å². The molecule has 0 N–H and O–H groups in total. The lowest BCUT2D eigenvalue weighted by molar-refractivity contribution is -0.255. The third-order valence-corrected chi connectivity index (χ3v) is 2.61. The Morgan fingerprint density at radius 3 is 2.41 bits per heavy atom. The zero-order valence-electron chi connectivity index (χ0n) is 9.12. The molecular weight excluding hydrogens is 358 g/mol. The first-order valence-electron chi connectivity index (χ1n) is 4.64. The molecule has 0 aliphatic heterocycles. The lowest BCUT2D eigenvalue weighted by Crippen LogP contribution is -2.29. The second kappa shape index (κ2) is 5.22. The van der Waals surface area contributed by atoms with Gasteiger partial charge in [0.05, 0.1) is 11.0 Å². The fourth-order valence-corrected chi connectivity index (χ4v) is 1.31. The summed E-state index contributed by atoms with van der Waals surface area (Å²) in [5.74, 6) is -1.60. The van der Waals surface area contributed by atoms with Gasteiger partial charge in [-0.3, -0.25) is 4.79 Å². The molecule has 0 aliphatic rings. The van der Waals surface area contributed by atoms with E-state index in [4.69, 9.17) is 16.3 Å². The minimum absolute atomic E-state index is 0.0263. The number of alkyl halides is 1. The Morgan fingerprint density at radius 1 is 1.41 bits per heavy atom. The van der Waals surface area contributed by atoms with Crippen LogP contribution in [0, 0.1) is 0 Å². The number of ether oxygens (including phenoxy) is 1. The number of benzene rings is 1. The number of halogens is 2. The molecule has 0 aliphatic carbocycles. The first-order valence-corrected chi connectivity index (χ1v) is 6.09. The van der Waals surface area contributed by atoms with Crippen molar-refractivity contribution in [1.82, 2.24) is 0 Å². The lowest BCUT2D eigenvalue weighted by Gasteiger charge is -2.15. The fourth-order valence-electron chi connectivity index (χ4n) is 0.953. The quantitative estimate of drug-likeness (QED) is 0.354. The van der Waals surface area contributed by atoms with Gasteiger partial charge in [-0.15, -0.1) is 0 Å². The standard InChI is InChI=1S/C11H10ClIO4/c1-11(2,13)10(16)17-6-3-4-7(9(14)15)8(12)5-6/h3-5H,1-2H3,(H,14,15)/p-1. The van der Waals surface area contributed by atoms with E-state index in [1.54, 1.807) is 13.8 Å². The van der Waals surface area contributed by atoms with Gasteiger partial charge in [-0.05, 0) is 26.0 Å². The van der Waals surface area contributed by atoms with Crippen LogP contribution >= 0.6 is 34.2 Å². The molecule has 0 fully saturated rings. The van der Waals surface area contributed by atoms with Crippen molar-refractivity contribution in [3.8, 4) is 5.75 Å². The van der Waals surface area contributed by atoms with Crippen LogP contribution in [0.25, 0.3) is 0 Å². The fraction of sp³-hybridized carbons (Fsp3) is 0.273. The van der Waals surface area contributed by atoms with E-state index in [9.17, 15) is 14.7 Å². The van der Waals surface area contributed by atoms with Crippen LogP contribution in [0.1, 0.15) is 24.2 Å². The van der Waals surface area contributed by atoms with Gasteiger partial charge in [0.1, 0.15) is 9.17 Å². The van der Waals surface area contributed by atoms with Crippen molar-refractivity contribution in [1.29, 1.82) is 0 Å². The number of carbonyl (C=O) groups excluding carboxylic acids is 2. The highest BCUT2D eigenvalue weighted by atomic mass is 127. The maximum Gasteiger partial charge on any atom is 0.326 e. The number of rotatable bonds is 3. The molecule has 0 spiro atoms. The molecule has 1 aromatic rings. The minimum Gasteiger partial charge on any atom is -0.545 e. The predicted molar refractivity (Wildman–Crippen MR) is 69.5 cm³/mol. The zero-order valence-corrected chi connectivity index (χ0v) is 12.0. The van der Waals surface area contributed by atoms with Crippen LogP contribution in [0.15, 0.2) is 18.2 Å². The SMILES string of the molecule is CC(C)(I)C(=O)Oc1ccc(C(=O)[O-])c(Cl)c1. The van der Waals surface area contributed by atoms with Crippen LogP contribution in [0.5, 0.6) is 5.75 Å². The molecule has 0 aromatic heterocycles. The van der Waals surface area contributed by atoms with Gasteiger partial charge in [0.25, 0.3) is 0 Å². The average Bonchev–Trinajstić information content (AvgIpc) is 2.15. The Hall–Kier alpha value is -0.820. The molecule has 0 amide bonds. The summed E-state index contributed by atoms with van der Waals surface area (Å²) >= 11 is 7.65. The Balaban J connectivity index is 2.92. The van der Waals surface area contributed by atoms with Crippen molar-refractivity contribution in [3.05, 3.63) is 28.8 Å². The van der Waals surface area contributed by atoms with Crippen molar-refractivity contribution in [2.45, 2.75) is 17.3 Å². The molecule has 0 saturated carbocycles. The first-order chi connectivity index (χ1) is 7.71. The normalized spacial score (nSPS) is 11.1. The van der Waals surface area contributed by atoms with Crippen LogP contribution in [0.2, 0.25) is 5.02 Å². The summed E-state index contributed by atoms with van der Waals surface area (Å²) < 4.78 is 4.38. The highest BCUT2D eigenvalue weighted by Gasteiger charge is 2.26. The van der Waals surface area contributed by atoms with Gasteiger partial charge in [0.2, 0.25) is 0 Å². The van der Waals surface area contributed by atoms with Gasteiger partial charge >= 0.3 is 5.97 Å². The highest BCUT2D eigenvalue weighted by molar-refractivity contribution is 14.1. The molecule has 17 heavy (non-hydrogen) atoms. The van der Waals surface area contributed by atoms with Gasteiger partial charge in [-0.2, -0.15) is 0 Å². The van der Waals surface area contributed by atoms with Gasteiger partial charge in [0, 0.05) is 11.6 Å². The first kappa shape index (κ1) is 14.2. The van der Waals surface area contributed by atoms with E-state index in [0.29, 0.717) is 0 Å². The molecule has 4 nitrogen and oxygen atoms in total. The van der Waals surface area contributed by atoms with E-state index in [1.807, 2.05) is 22.6 Å². The summed E-state index contributed by atoms with van der Waals surface area (Å²) in [5, 5.41) is 10.6. The van der Waals surface area contributed by atoms with Gasteiger partial charge in [-0.25, -0.2) is 0 Å². The second-order valence-corrected chi connectivity index (χ2v) is 6.90. The zero-order chi connectivity index (χ0) is 13.2. The summed E-state index contributed by atoms with van der Waals surface area (Å²) in [6.45, 7) is 3.40. The molecule has 0 radical (unpaired) electrons. The summed E-state index contributed by atoms with van der Waals surface area (Å²) in [6.07, 6.45) is 0. The number of carboxylic acid groups (broad SMARTS) is 1. The van der Waals surface area contributed by atoms with Crippen LogP contribution in [-0.2, 0) is 4.79 Å². The molecule has 0 unspecified atom stereocenters. The van der Waals surface area contributed by atoms with Crippen LogP contribution < -0.4 is 9.84 Å². The third-order valence-electron chi connectivity index (χ3n) is 1.86. The van der Waals surface area contributed by atoms with Gasteiger partial charge in [0.15, 0.2) is 0 Å². The van der Waals surface area contributed by atoms with Crippen molar-refractivity contribution >= 4 is 46.1 Å². The van der Waals surface area contributed by atoms with E-state index in [2.05, 4.69) is 0 Å². The molecule has 92 valence electrons. The molecule has 0 saturated heterocycles. The Morgan fingerprint density at radius 2 is 2.00 bits per heavy atom. The van der Waals surface area contributed by atoms with E-state index in [-0.39, 0.29) is 16.3 Å². The van der Waals surface area contributed by atoms with E-state index < -0.39 is 15.4 Å². The molecule has 1 aromatic carbocycles. The number of hydrogen-bond donors (Lipinski definition) is 0. The number of aromatic carboxylic acids is 1. The largest absolute Gasteiger partial charge is 0.545 e. The maximum atomic E-state index is 11.6. The summed E-state index contributed by atoms with van der Waals surface area (Å²) in [6, 6.07) is 3.87. The second-order valence-electron chi connectivity index (χ2n) is 3.79. The summed E-state index contributed by atoms with van der Waals surface area (Å²) in [4.78, 5) is 22.2. The maximum absolute atomic E-state index is 11.6. The summed E-state index contributed by atoms with van der Waals surface area (Å²) in [7, 11) is 0. The van der Waals surface area contributed by atoms with Crippen LogP contribution in [0.4, 0.5) is 0 Å². The molecule has 0 atom stereocenters. The van der Waals surface area contributed by atoms with Gasteiger partial charge in [-0.1, -0.05) is 34.2 Å². The number of carboxylic acids is 1. The topological polar surface area (TPSA) is 66.4 Å². The molecule has 0 heterocycles. The average molecular weight is 368 g/mol. The van der Waals surface area contributed by atoms with Crippen molar-refractivity contribution < 1.29 is 19.4 Å². The van der Waals surface area contributed by atoms with Crippen molar-refractivity contribution in [2.75, 3.05) is 0 Å². The molecule has 1 rings (SSSR count). The van der Waals surface area contributed by atoms with E-state index in [1.165, 1.54) is 18.2 Å². The number of hydrogen-bond acceptors (Lipinski definition) is 4. The van der Waals surface area contributed by atoms with Crippen molar-refractivity contribution in [2.24, 2.45) is 0 Å². The lowest BCUT2D eigenvalue weighted by atomic mass is 10.2. The van der Waals surface area contributed by atoms with E-state index >= 15 is 0 Å². The third kappa shape index (κ3) is 3.85. The minimum atomic E-state index is -1.37. The Bertz CT molecular complexity index is 465. The van der Waals surface area contributed by atoms with Crippen molar-refractivity contribution in [3.63, 3.8) is 0 Å². The monoisotopic (exact) mass is 367 g/mol. The molecular formula is C11H9ClIO4-. The Kier molecular flexibility index (Phi) is 4.37.